The summed E-state index contributed by atoms with van der Waals surface area (Å²) >= 11 is 14.0. The Morgan fingerprint density at radius 1 is 0.931 bits per heavy atom. The van der Waals surface area contributed by atoms with Crippen molar-refractivity contribution in [1.29, 1.82) is 0 Å². The van der Waals surface area contributed by atoms with Crippen LogP contribution in [-0.4, -0.2) is 21.9 Å². The van der Waals surface area contributed by atoms with Crippen LogP contribution in [0.2, 0.25) is 10.0 Å². The van der Waals surface area contributed by atoms with E-state index >= 15 is 0 Å². The maximum absolute atomic E-state index is 6.31. The van der Waals surface area contributed by atoms with Crippen molar-refractivity contribution < 1.29 is 4.74 Å². The lowest BCUT2D eigenvalue weighted by molar-refractivity contribution is 0.415. The molecule has 0 radical (unpaired) electrons. The molecule has 4 nitrogen and oxygen atoms in total. The van der Waals surface area contributed by atoms with Gasteiger partial charge in [-0.1, -0.05) is 65.3 Å². The quantitative estimate of drug-likeness (QED) is 0.318. The topological polar surface area (TPSA) is 39.9 Å². The number of benzene rings is 3. The van der Waals surface area contributed by atoms with Crippen LogP contribution in [-0.2, 0) is 5.75 Å². The fourth-order valence-electron chi connectivity index (χ4n) is 2.89. The minimum absolute atomic E-state index is 0.676. The first-order chi connectivity index (χ1) is 14.2. The molecular formula is C22H17Cl2N3OS. The van der Waals surface area contributed by atoms with Crippen molar-refractivity contribution >= 4 is 35.0 Å². The average Bonchev–Trinajstić information content (AvgIpc) is 3.18. The Balaban J connectivity index is 1.76. The van der Waals surface area contributed by atoms with Crippen LogP contribution in [0.25, 0.3) is 17.1 Å². The van der Waals surface area contributed by atoms with Crippen molar-refractivity contribution in [2.45, 2.75) is 10.9 Å². The Hall–Kier alpha value is -2.47. The highest BCUT2D eigenvalue weighted by Gasteiger charge is 2.17. The molecule has 0 amide bonds. The first-order valence-electron chi connectivity index (χ1n) is 8.87. The summed E-state index contributed by atoms with van der Waals surface area (Å²) in [6, 6.07) is 23.2. The molecule has 0 aliphatic heterocycles. The van der Waals surface area contributed by atoms with Crippen molar-refractivity contribution in [2.75, 3.05) is 7.11 Å². The number of hydrogen-bond donors (Lipinski definition) is 0. The van der Waals surface area contributed by atoms with Crippen LogP contribution in [0.4, 0.5) is 0 Å². The molecule has 0 spiro atoms. The summed E-state index contributed by atoms with van der Waals surface area (Å²) in [6.07, 6.45) is 0. The van der Waals surface area contributed by atoms with Crippen molar-refractivity contribution in [3.05, 3.63) is 88.4 Å². The van der Waals surface area contributed by atoms with Gasteiger partial charge in [-0.15, -0.1) is 10.2 Å². The summed E-state index contributed by atoms with van der Waals surface area (Å²) in [6.45, 7) is 0. The molecule has 0 aliphatic rings. The van der Waals surface area contributed by atoms with Crippen LogP contribution >= 0.6 is 35.0 Å². The maximum Gasteiger partial charge on any atom is 0.196 e. The molecular weight excluding hydrogens is 425 g/mol. The number of nitrogens with zero attached hydrogens (tertiary/aromatic N) is 3. The highest BCUT2D eigenvalue weighted by atomic mass is 35.5. The predicted octanol–water partition coefficient (Wildman–Crippen LogP) is 6.54. The lowest BCUT2D eigenvalue weighted by atomic mass is 10.2. The standard InChI is InChI=1S/C22H17Cl2N3OS/c1-28-19-7-4-6-15(13-19)21-25-26-22(27(21)18-11-9-17(23)10-12-18)29-14-16-5-2-3-8-20(16)24/h2-13H,14H2,1H3. The van der Waals surface area contributed by atoms with Crippen LogP contribution in [0.3, 0.4) is 0 Å². The molecule has 0 saturated carbocycles. The molecule has 0 unspecified atom stereocenters. The van der Waals surface area contributed by atoms with Gasteiger partial charge in [0, 0.05) is 27.0 Å². The Bertz CT molecular complexity index is 1130. The number of aromatic nitrogens is 3. The monoisotopic (exact) mass is 441 g/mol. The predicted molar refractivity (Wildman–Crippen MR) is 119 cm³/mol. The van der Waals surface area contributed by atoms with Crippen molar-refractivity contribution in [2.24, 2.45) is 0 Å². The number of halogens is 2. The van der Waals surface area contributed by atoms with E-state index in [1.165, 1.54) is 0 Å². The second-order valence-corrected chi connectivity index (χ2v) is 8.02. The molecule has 0 aliphatic carbocycles. The molecule has 0 fully saturated rings. The van der Waals surface area contributed by atoms with Gasteiger partial charge in [0.15, 0.2) is 11.0 Å². The Morgan fingerprint density at radius 2 is 1.72 bits per heavy atom. The van der Waals surface area contributed by atoms with E-state index in [0.717, 1.165) is 38.6 Å². The minimum atomic E-state index is 0.676. The van der Waals surface area contributed by atoms with Crippen molar-refractivity contribution in [1.82, 2.24) is 14.8 Å². The summed E-state index contributed by atoms with van der Waals surface area (Å²) in [5, 5.41) is 11.1. The lowest BCUT2D eigenvalue weighted by Crippen LogP contribution is -2.00. The Labute approximate surface area is 183 Å². The first kappa shape index (κ1) is 19.8. The highest BCUT2D eigenvalue weighted by molar-refractivity contribution is 7.98. The van der Waals surface area contributed by atoms with Gasteiger partial charge in [0.05, 0.1) is 7.11 Å². The molecule has 0 saturated heterocycles. The van der Waals surface area contributed by atoms with Crippen LogP contribution in [0, 0.1) is 0 Å². The molecule has 7 heteroatoms. The van der Waals surface area contributed by atoms with Gasteiger partial charge in [0.2, 0.25) is 0 Å². The Kier molecular flexibility index (Phi) is 6.09. The largest absolute Gasteiger partial charge is 0.497 e. The minimum Gasteiger partial charge on any atom is -0.497 e. The van der Waals surface area contributed by atoms with Gasteiger partial charge in [-0.3, -0.25) is 4.57 Å². The maximum atomic E-state index is 6.31. The third-order valence-electron chi connectivity index (χ3n) is 4.36. The number of hydrogen-bond acceptors (Lipinski definition) is 4. The number of thioether (sulfide) groups is 1. The van der Waals surface area contributed by atoms with Crippen molar-refractivity contribution in [3.8, 4) is 22.8 Å². The average molecular weight is 442 g/mol. The van der Waals surface area contributed by atoms with Gasteiger partial charge >= 0.3 is 0 Å². The number of ether oxygens (including phenoxy) is 1. The highest BCUT2D eigenvalue weighted by Crippen LogP contribution is 2.32. The molecule has 3 aromatic carbocycles. The zero-order chi connectivity index (χ0) is 20.2. The third kappa shape index (κ3) is 4.42. The number of methoxy groups -OCH3 is 1. The number of rotatable bonds is 6. The normalized spacial score (nSPS) is 10.9. The molecule has 29 heavy (non-hydrogen) atoms. The van der Waals surface area contributed by atoms with E-state index in [4.69, 9.17) is 27.9 Å². The van der Waals surface area contributed by atoms with E-state index in [2.05, 4.69) is 10.2 Å². The van der Waals surface area contributed by atoms with Gasteiger partial charge in [-0.2, -0.15) is 0 Å². The molecule has 1 aromatic heterocycles. The van der Waals surface area contributed by atoms with E-state index in [-0.39, 0.29) is 0 Å². The third-order valence-corrected chi connectivity index (χ3v) is 5.96. The van der Waals surface area contributed by atoms with Gasteiger partial charge < -0.3 is 4.74 Å². The molecule has 1 heterocycles. The summed E-state index contributed by atoms with van der Waals surface area (Å²) < 4.78 is 7.39. The summed E-state index contributed by atoms with van der Waals surface area (Å²) in [4.78, 5) is 0. The van der Waals surface area contributed by atoms with Crippen LogP contribution in [0.5, 0.6) is 5.75 Å². The van der Waals surface area contributed by atoms with Gasteiger partial charge in [0.25, 0.3) is 0 Å². The Morgan fingerprint density at radius 3 is 2.48 bits per heavy atom. The van der Waals surface area contributed by atoms with E-state index in [9.17, 15) is 0 Å². The van der Waals surface area contributed by atoms with Gasteiger partial charge in [0.1, 0.15) is 5.75 Å². The molecule has 0 atom stereocenters. The zero-order valence-corrected chi connectivity index (χ0v) is 17.9. The van der Waals surface area contributed by atoms with E-state index < -0.39 is 0 Å². The van der Waals surface area contributed by atoms with E-state index in [1.807, 2.05) is 77.4 Å². The summed E-state index contributed by atoms with van der Waals surface area (Å²) in [5.74, 6) is 2.18. The molecule has 0 bridgehead atoms. The van der Waals surface area contributed by atoms with Crippen LogP contribution < -0.4 is 4.74 Å². The fourth-order valence-corrected chi connectivity index (χ4v) is 4.26. The lowest BCUT2D eigenvalue weighted by Gasteiger charge is -2.11. The SMILES string of the molecule is COc1cccc(-c2nnc(SCc3ccccc3Cl)n2-c2ccc(Cl)cc2)c1. The smallest absolute Gasteiger partial charge is 0.196 e. The molecule has 146 valence electrons. The summed E-state index contributed by atoms with van der Waals surface area (Å²) in [7, 11) is 1.65. The summed E-state index contributed by atoms with van der Waals surface area (Å²) in [5.41, 5.74) is 2.89. The van der Waals surface area contributed by atoms with Crippen molar-refractivity contribution in [3.63, 3.8) is 0 Å². The van der Waals surface area contributed by atoms with Gasteiger partial charge in [-0.25, -0.2) is 0 Å². The molecule has 4 rings (SSSR count). The van der Waals surface area contributed by atoms with Gasteiger partial charge in [-0.05, 0) is 48.0 Å². The molecule has 0 N–H and O–H groups in total. The van der Waals surface area contributed by atoms with Crippen LogP contribution in [0.1, 0.15) is 5.56 Å². The first-order valence-corrected chi connectivity index (χ1v) is 10.6. The molecule has 4 aromatic rings. The van der Waals surface area contributed by atoms with Crippen LogP contribution in [0.15, 0.2) is 78.0 Å². The zero-order valence-electron chi connectivity index (χ0n) is 15.5. The van der Waals surface area contributed by atoms with E-state index in [1.54, 1.807) is 18.9 Å². The van der Waals surface area contributed by atoms with E-state index in [0.29, 0.717) is 10.8 Å². The second-order valence-electron chi connectivity index (χ2n) is 6.23. The second kappa shape index (κ2) is 8.91. The fraction of sp³-hybridized carbons (Fsp3) is 0.0909.